The highest BCUT2D eigenvalue weighted by molar-refractivity contribution is 8.05. The van der Waals surface area contributed by atoms with Gasteiger partial charge in [0.05, 0.1) is 6.61 Å². The first-order chi connectivity index (χ1) is 5.99. The van der Waals surface area contributed by atoms with E-state index in [2.05, 4.69) is 0 Å². The number of rotatable bonds is 2. The summed E-state index contributed by atoms with van der Waals surface area (Å²) < 4.78 is 4.91. The van der Waals surface area contributed by atoms with Crippen molar-refractivity contribution in [2.45, 2.75) is 32.1 Å². The van der Waals surface area contributed by atoms with Crippen LogP contribution in [0.3, 0.4) is 0 Å². The summed E-state index contributed by atoms with van der Waals surface area (Å²) in [6, 6.07) is 0. The van der Waals surface area contributed by atoms with Gasteiger partial charge in [0.15, 0.2) is 4.87 Å². The molecule has 4 heteroatoms. The number of carbonyl (C=O) groups excluding carboxylic acids is 1. The zero-order chi connectivity index (χ0) is 10.1. The molecule has 0 aromatic heterocycles. The van der Waals surface area contributed by atoms with Crippen molar-refractivity contribution in [3.63, 3.8) is 0 Å². The van der Waals surface area contributed by atoms with Crippen molar-refractivity contribution in [1.82, 2.24) is 0 Å². The second kappa shape index (κ2) is 3.72. The lowest BCUT2D eigenvalue weighted by molar-refractivity contribution is -0.145. The Hall–Kier alpha value is -0.480. The zero-order valence-electron chi connectivity index (χ0n) is 8.22. The molecule has 1 atom stereocenters. The van der Waals surface area contributed by atoms with Crippen LogP contribution in [0.5, 0.6) is 0 Å². The molecule has 0 bridgehead atoms. The number of hydrogen-bond acceptors (Lipinski definition) is 4. The van der Waals surface area contributed by atoms with Gasteiger partial charge < -0.3 is 10.5 Å². The fourth-order valence-corrected chi connectivity index (χ4v) is 2.51. The molecule has 0 saturated heterocycles. The Bertz CT molecular complexity index is 246. The molecular weight excluding hydrogens is 186 g/mol. The van der Waals surface area contributed by atoms with E-state index in [1.165, 1.54) is 17.3 Å². The maximum atomic E-state index is 11.5. The third-order valence-electron chi connectivity index (χ3n) is 2.08. The molecule has 1 aliphatic rings. The number of allylic oxidation sites excluding steroid dienone is 1. The summed E-state index contributed by atoms with van der Waals surface area (Å²) in [6.07, 6.45) is 0.600. The summed E-state index contributed by atoms with van der Waals surface area (Å²) in [4.78, 5) is 11.7. The minimum atomic E-state index is -0.871. The number of thioether (sulfide) groups is 1. The predicted molar refractivity (Wildman–Crippen MR) is 54.1 cm³/mol. The monoisotopic (exact) mass is 201 g/mol. The molecule has 1 rings (SSSR count). The van der Waals surface area contributed by atoms with Gasteiger partial charge in [0, 0.05) is 6.42 Å². The largest absolute Gasteiger partial charge is 0.464 e. The summed E-state index contributed by atoms with van der Waals surface area (Å²) in [6.45, 7) is 6.15. The van der Waals surface area contributed by atoms with E-state index in [-0.39, 0.29) is 5.97 Å². The Labute approximate surface area is 82.7 Å². The summed E-state index contributed by atoms with van der Waals surface area (Å²) in [7, 11) is 0. The molecule has 1 unspecified atom stereocenters. The summed E-state index contributed by atoms with van der Waals surface area (Å²) >= 11 is 1.41. The van der Waals surface area contributed by atoms with Crippen molar-refractivity contribution >= 4 is 17.7 Å². The van der Waals surface area contributed by atoms with Crippen LogP contribution in [0, 0.1) is 0 Å². The normalized spacial score (nSPS) is 28.0. The minimum Gasteiger partial charge on any atom is -0.464 e. The average molecular weight is 201 g/mol. The van der Waals surface area contributed by atoms with Crippen LogP contribution in [0.2, 0.25) is 0 Å². The molecule has 0 fully saturated rings. The van der Waals surface area contributed by atoms with Crippen LogP contribution >= 0.6 is 11.8 Å². The minimum absolute atomic E-state index is 0.309. The number of carbonyl (C=O) groups is 1. The molecule has 0 aromatic carbocycles. The van der Waals surface area contributed by atoms with E-state index in [9.17, 15) is 4.79 Å². The van der Waals surface area contributed by atoms with Crippen LogP contribution < -0.4 is 5.73 Å². The molecule has 1 heterocycles. The molecule has 13 heavy (non-hydrogen) atoms. The highest BCUT2D eigenvalue weighted by Crippen LogP contribution is 2.42. The van der Waals surface area contributed by atoms with Crippen molar-refractivity contribution in [1.29, 1.82) is 0 Å². The van der Waals surface area contributed by atoms with Gasteiger partial charge in [0.2, 0.25) is 0 Å². The maximum absolute atomic E-state index is 11.5. The van der Waals surface area contributed by atoms with Gasteiger partial charge in [-0.3, -0.25) is 0 Å². The predicted octanol–water partition coefficient (Wildman–Crippen LogP) is 1.64. The summed E-state index contributed by atoms with van der Waals surface area (Å²) in [5.74, 6) is -0.309. The molecule has 0 saturated carbocycles. The van der Waals surface area contributed by atoms with Crippen LogP contribution in [0.4, 0.5) is 0 Å². The number of hydrogen-bond donors (Lipinski definition) is 1. The second-order valence-electron chi connectivity index (χ2n) is 3.23. The van der Waals surface area contributed by atoms with Gasteiger partial charge in [-0.25, -0.2) is 4.79 Å². The molecule has 0 amide bonds. The smallest absolute Gasteiger partial charge is 0.337 e. The lowest BCUT2D eigenvalue weighted by Crippen LogP contribution is -2.44. The number of esters is 1. The molecule has 0 spiro atoms. The molecule has 1 aliphatic heterocycles. The van der Waals surface area contributed by atoms with E-state index in [0.717, 1.165) is 4.91 Å². The third kappa shape index (κ3) is 2.06. The first-order valence-corrected chi connectivity index (χ1v) is 5.12. The lowest BCUT2D eigenvalue weighted by Gasteiger charge is -2.20. The van der Waals surface area contributed by atoms with Crippen LogP contribution in [0.25, 0.3) is 0 Å². The average Bonchev–Trinajstić information content (AvgIpc) is 2.28. The first-order valence-electron chi connectivity index (χ1n) is 4.31. The van der Waals surface area contributed by atoms with E-state index in [1.54, 1.807) is 6.92 Å². The van der Waals surface area contributed by atoms with Crippen LogP contribution in [0.1, 0.15) is 27.2 Å². The van der Waals surface area contributed by atoms with Gasteiger partial charge in [0.1, 0.15) is 0 Å². The Morgan fingerprint density at radius 2 is 2.31 bits per heavy atom. The summed E-state index contributed by atoms with van der Waals surface area (Å²) in [5, 5.41) is 0. The van der Waals surface area contributed by atoms with Crippen molar-refractivity contribution in [2.75, 3.05) is 6.61 Å². The van der Waals surface area contributed by atoms with E-state index < -0.39 is 4.87 Å². The maximum Gasteiger partial charge on any atom is 0.337 e. The van der Waals surface area contributed by atoms with Crippen molar-refractivity contribution in [2.24, 2.45) is 5.73 Å². The van der Waals surface area contributed by atoms with Gasteiger partial charge >= 0.3 is 5.97 Å². The summed E-state index contributed by atoms with van der Waals surface area (Å²) in [5.41, 5.74) is 7.10. The van der Waals surface area contributed by atoms with Gasteiger partial charge in [-0.15, -0.1) is 0 Å². The highest BCUT2D eigenvalue weighted by Gasteiger charge is 2.41. The first kappa shape index (κ1) is 10.6. The zero-order valence-corrected chi connectivity index (χ0v) is 9.03. The van der Waals surface area contributed by atoms with Crippen LogP contribution in [0.15, 0.2) is 10.5 Å². The van der Waals surface area contributed by atoms with E-state index in [4.69, 9.17) is 10.5 Å². The van der Waals surface area contributed by atoms with Gasteiger partial charge in [-0.1, -0.05) is 17.3 Å². The highest BCUT2D eigenvalue weighted by atomic mass is 32.2. The molecule has 0 aromatic rings. The van der Waals surface area contributed by atoms with Gasteiger partial charge in [0.25, 0.3) is 0 Å². The van der Waals surface area contributed by atoms with E-state index in [0.29, 0.717) is 13.0 Å². The molecule has 2 N–H and O–H groups in total. The number of ether oxygens (including phenoxy) is 1. The van der Waals surface area contributed by atoms with Gasteiger partial charge in [-0.2, -0.15) is 0 Å². The topological polar surface area (TPSA) is 52.3 Å². The Morgan fingerprint density at radius 3 is 2.69 bits per heavy atom. The Morgan fingerprint density at radius 1 is 1.69 bits per heavy atom. The fraction of sp³-hybridized carbons (Fsp3) is 0.667. The van der Waals surface area contributed by atoms with Gasteiger partial charge in [-0.05, 0) is 25.7 Å². The SMILES string of the molecule is CCOC(=O)C1(N)CC(C)=C(C)S1. The molecule has 0 radical (unpaired) electrons. The molecule has 0 aliphatic carbocycles. The standard InChI is InChI=1S/C9H15NO2S/c1-4-12-8(11)9(10)5-6(2)7(3)13-9/h4-5,10H2,1-3H3. The molecule has 3 nitrogen and oxygen atoms in total. The lowest BCUT2D eigenvalue weighted by atomic mass is 10.1. The Kier molecular flexibility index (Phi) is 3.03. The van der Waals surface area contributed by atoms with Crippen molar-refractivity contribution in [3.8, 4) is 0 Å². The van der Waals surface area contributed by atoms with Crippen LogP contribution in [-0.2, 0) is 9.53 Å². The molecular formula is C9H15NO2S. The van der Waals surface area contributed by atoms with E-state index >= 15 is 0 Å². The number of nitrogens with two attached hydrogens (primary N) is 1. The van der Waals surface area contributed by atoms with Crippen molar-refractivity contribution in [3.05, 3.63) is 10.5 Å². The fourth-order valence-electron chi connectivity index (χ4n) is 1.28. The Balaban J connectivity index is 2.67. The molecule has 74 valence electrons. The van der Waals surface area contributed by atoms with Crippen molar-refractivity contribution < 1.29 is 9.53 Å². The second-order valence-corrected chi connectivity index (χ2v) is 4.77. The van der Waals surface area contributed by atoms with Crippen LogP contribution in [-0.4, -0.2) is 17.4 Å². The van der Waals surface area contributed by atoms with E-state index in [1.807, 2.05) is 13.8 Å². The quantitative estimate of drug-likeness (QED) is 0.690. The third-order valence-corrected chi connectivity index (χ3v) is 3.41.